The molecule has 0 bridgehead atoms. The van der Waals surface area contributed by atoms with Gasteiger partial charge in [0.2, 0.25) is 0 Å². The zero-order chi connectivity index (χ0) is 15.4. The zero-order valence-corrected chi connectivity index (χ0v) is 12.6. The Kier molecular flexibility index (Phi) is 4.37. The lowest BCUT2D eigenvalue weighted by atomic mass is 10.1. The molecule has 22 heavy (non-hydrogen) atoms. The predicted molar refractivity (Wildman–Crippen MR) is 86.0 cm³/mol. The van der Waals surface area contributed by atoms with Crippen molar-refractivity contribution in [3.8, 4) is 0 Å². The lowest BCUT2D eigenvalue weighted by molar-refractivity contribution is 0.0724. The Labute approximate surface area is 130 Å². The normalized spacial score (nSPS) is 14.8. The summed E-state index contributed by atoms with van der Waals surface area (Å²) in [4.78, 5) is 26.2. The smallest absolute Gasteiger partial charge is 0.253 e. The highest BCUT2D eigenvalue weighted by Crippen LogP contribution is 2.14. The molecular weight excluding hydrogens is 276 g/mol. The summed E-state index contributed by atoms with van der Waals surface area (Å²) in [6.45, 7) is 2.18. The van der Waals surface area contributed by atoms with E-state index in [9.17, 15) is 9.59 Å². The summed E-state index contributed by atoms with van der Waals surface area (Å²) in [7, 11) is 0. The maximum atomic E-state index is 12.5. The fourth-order valence-electron chi connectivity index (χ4n) is 2.87. The fraction of sp³-hybridized carbons (Fsp3) is 0.333. The minimum Gasteiger partial charge on any atom is -0.339 e. The Morgan fingerprint density at radius 2 is 1.82 bits per heavy atom. The monoisotopic (exact) mass is 296 g/mol. The van der Waals surface area contributed by atoms with Crippen molar-refractivity contribution in [1.29, 1.82) is 0 Å². The molecule has 2 aromatic rings. The van der Waals surface area contributed by atoms with Crippen molar-refractivity contribution in [3.63, 3.8) is 0 Å². The molecule has 1 aromatic heterocycles. The fourth-order valence-corrected chi connectivity index (χ4v) is 2.87. The first kappa shape index (κ1) is 14.6. The van der Waals surface area contributed by atoms with Gasteiger partial charge in [-0.1, -0.05) is 18.2 Å². The minimum atomic E-state index is -0.0322. The third kappa shape index (κ3) is 3.27. The molecule has 1 fully saturated rings. The van der Waals surface area contributed by atoms with Crippen LogP contribution in [0.5, 0.6) is 0 Å². The average Bonchev–Trinajstić information content (AvgIpc) is 2.57. The van der Waals surface area contributed by atoms with Crippen LogP contribution in [0.25, 0.3) is 0 Å². The van der Waals surface area contributed by atoms with Gasteiger partial charge in [0.25, 0.3) is 11.5 Å². The molecule has 0 atom stereocenters. The second kappa shape index (κ2) is 6.60. The van der Waals surface area contributed by atoms with Crippen molar-refractivity contribution in [3.05, 3.63) is 70.1 Å². The lowest BCUT2D eigenvalue weighted by Crippen LogP contribution is -2.35. The number of aromatic nitrogens is 1. The van der Waals surface area contributed by atoms with Crippen LogP contribution in [0.1, 0.15) is 35.2 Å². The van der Waals surface area contributed by atoms with Crippen molar-refractivity contribution in [2.45, 2.75) is 25.8 Å². The average molecular weight is 296 g/mol. The number of carbonyl (C=O) groups is 1. The number of hydrogen-bond acceptors (Lipinski definition) is 2. The molecule has 0 spiro atoms. The third-order valence-corrected chi connectivity index (χ3v) is 4.07. The van der Waals surface area contributed by atoms with Crippen LogP contribution in [0.2, 0.25) is 0 Å². The van der Waals surface area contributed by atoms with E-state index in [0.29, 0.717) is 12.1 Å². The standard InChI is InChI=1S/C18H20N2O2/c21-17-9-2-5-12-20(17)14-15-7-6-8-16(13-15)18(22)19-10-3-1-4-11-19/h2,5-9,12-13H,1,3-4,10-11,14H2. The second-order valence-electron chi connectivity index (χ2n) is 5.72. The van der Waals surface area contributed by atoms with Gasteiger partial charge in [-0.2, -0.15) is 0 Å². The van der Waals surface area contributed by atoms with E-state index in [1.54, 1.807) is 22.9 Å². The third-order valence-electron chi connectivity index (χ3n) is 4.07. The van der Waals surface area contributed by atoms with Gasteiger partial charge in [0.15, 0.2) is 0 Å². The molecule has 2 heterocycles. The van der Waals surface area contributed by atoms with Crippen molar-refractivity contribution in [2.75, 3.05) is 13.1 Å². The van der Waals surface area contributed by atoms with E-state index in [4.69, 9.17) is 0 Å². The van der Waals surface area contributed by atoms with E-state index in [0.717, 1.165) is 31.5 Å². The number of pyridine rings is 1. The Bertz CT molecular complexity index is 715. The van der Waals surface area contributed by atoms with Gasteiger partial charge >= 0.3 is 0 Å². The molecule has 0 saturated carbocycles. The number of carbonyl (C=O) groups excluding carboxylic acids is 1. The molecule has 1 amide bonds. The summed E-state index contributed by atoms with van der Waals surface area (Å²) in [5.41, 5.74) is 1.65. The van der Waals surface area contributed by atoms with Crippen LogP contribution in [0.15, 0.2) is 53.5 Å². The van der Waals surface area contributed by atoms with Gasteiger partial charge < -0.3 is 9.47 Å². The number of rotatable bonds is 3. The quantitative estimate of drug-likeness (QED) is 0.873. The molecule has 1 saturated heterocycles. The largest absolute Gasteiger partial charge is 0.339 e. The summed E-state index contributed by atoms with van der Waals surface area (Å²) >= 11 is 0. The molecule has 3 rings (SSSR count). The van der Waals surface area contributed by atoms with E-state index in [-0.39, 0.29) is 11.5 Å². The number of likely N-dealkylation sites (tertiary alicyclic amines) is 1. The van der Waals surface area contributed by atoms with E-state index >= 15 is 0 Å². The Hall–Kier alpha value is -2.36. The second-order valence-corrected chi connectivity index (χ2v) is 5.72. The predicted octanol–water partition coefficient (Wildman–Crippen LogP) is 2.52. The molecular formula is C18H20N2O2. The molecule has 114 valence electrons. The van der Waals surface area contributed by atoms with E-state index in [2.05, 4.69) is 0 Å². The highest BCUT2D eigenvalue weighted by Gasteiger charge is 2.18. The molecule has 0 N–H and O–H groups in total. The highest BCUT2D eigenvalue weighted by molar-refractivity contribution is 5.94. The number of amides is 1. The summed E-state index contributed by atoms with van der Waals surface area (Å²) in [5.74, 6) is 0.0990. The first-order chi connectivity index (χ1) is 10.7. The van der Waals surface area contributed by atoms with Crippen LogP contribution >= 0.6 is 0 Å². The van der Waals surface area contributed by atoms with Crippen molar-refractivity contribution >= 4 is 5.91 Å². The van der Waals surface area contributed by atoms with E-state index in [1.807, 2.05) is 35.2 Å². The SMILES string of the molecule is O=C(c1cccc(Cn2ccccc2=O)c1)N1CCCCC1. The van der Waals surface area contributed by atoms with Crippen LogP contribution in [-0.4, -0.2) is 28.5 Å². The van der Waals surface area contributed by atoms with Crippen LogP contribution in [-0.2, 0) is 6.54 Å². The van der Waals surface area contributed by atoms with Gasteiger partial charge in [-0.15, -0.1) is 0 Å². The maximum absolute atomic E-state index is 12.5. The number of nitrogens with zero attached hydrogens (tertiary/aromatic N) is 2. The first-order valence-corrected chi connectivity index (χ1v) is 7.78. The van der Waals surface area contributed by atoms with E-state index in [1.165, 1.54) is 6.42 Å². The summed E-state index contributed by atoms with van der Waals surface area (Å²) < 4.78 is 1.64. The van der Waals surface area contributed by atoms with Crippen LogP contribution in [0.3, 0.4) is 0 Å². The minimum absolute atomic E-state index is 0.0322. The van der Waals surface area contributed by atoms with Crippen LogP contribution < -0.4 is 5.56 Å². The Morgan fingerprint density at radius 3 is 2.59 bits per heavy atom. The molecule has 1 aliphatic rings. The molecule has 0 unspecified atom stereocenters. The topological polar surface area (TPSA) is 42.3 Å². The van der Waals surface area contributed by atoms with Gasteiger partial charge in [-0.05, 0) is 43.0 Å². The van der Waals surface area contributed by atoms with Gasteiger partial charge in [0, 0.05) is 30.9 Å². The Balaban J connectivity index is 1.79. The summed E-state index contributed by atoms with van der Waals surface area (Å²) in [6.07, 6.45) is 5.15. The number of hydrogen-bond donors (Lipinski definition) is 0. The summed E-state index contributed by atoms with van der Waals surface area (Å²) in [5, 5.41) is 0. The van der Waals surface area contributed by atoms with E-state index < -0.39 is 0 Å². The molecule has 4 nitrogen and oxygen atoms in total. The van der Waals surface area contributed by atoms with Crippen LogP contribution in [0.4, 0.5) is 0 Å². The van der Waals surface area contributed by atoms with Crippen LogP contribution in [0, 0.1) is 0 Å². The molecule has 4 heteroatoms. The van der Waals surface area contributed by atoms with Gasteiger partial charge in [0.1, 0.15) is 0 Å². The molecule has 1 aliphatic heterocycles. The van der Waals surface area contributed by atoms with Gasteiger partial charge in [-0.3, -0.25) is 9.59 Å². The van der Waals surface area contributed by atoms with Gasteiger partial charge in [-0.25, -0.2) is 0 Å². The zero-order valence-electron chi connectivity index (χ0n) is 12.6. The number of benzene rings is 1. The van der Waals surface area contributed by atoms with Gasteiger partial charge in [0.05, 0.1) is 6.54 Å². The highest BCUT2D eigenvalue weighted by atomic mass is 16.2. The van der Waals surface area contributed by atoms with Crippen molar-refractivity contribution < 1.29 is 4.79 Å². The lowest BCUT2D eigenvalue weighted by Gasteiger charge is -2.26. The first-order valence-electron chi connectivity index (χ1n) is 7.78. The molecule has 1 aromatic carbocycles. The molecule has 0 aliphatic carbocycles. The maximum Gasteiger partial charge on any atom is 0.253 e. The van der Waals surface area contributed by atoms with Crippen molar-refractivity contribution in [1.82, 2.24) is 9.47 Å². The van der Waals surface area contributed by atoms with Crippen molar-refractivity contribution in [2.24, 2.45) is 0 Å². The Morgan fingerprint density at radius 1 is 1.00 bits per heavy atom. The molecule has 0 radical (unpaired) electrons. The number of piperidine rings is 1. The summed E-state index contributed by atoms with van der Waals surface area (Å²) in [6, 6.07) is 12.7.